The van der Waals surface area contributed by atoms with Crippen molar-refractivity contribution in [3.05, 3.63) is 64.4 Å². The topological polar surface area (TPSA) is 145 Å². The average Bonchev–Trinajstić information content (AvgIpc) is 3.33. The van der Waals surface area contributed by atoms with Crippen LogP contribution in [0, 0.1) is 6.92 Å². The quantitative estimate of drug-likeness (QED) is 0.163. The van der Waals surface area contributed by atoms with Crippen LogP contribution in [0.3, 0.4) is 0 Å². The molecule has 1 atom stereocenters. The third-order valence-corrected chi connectivity index (χ3v) is 8.45. The Morgan fingerprint density at radius 3 is 2.79 bits per heavy atom. The second-order valence-corrected chi connectivity index (χ2v) is 11.1. The number of likely N-dealkylation sites (N-methyl/N-ethyl adjacent to an activating group) is 1. The zero-order chi connectivity index (χ0) is 27.5. The number of hydrogen-bond donors (Lipinski definition) is 3. The maximum Gasteiger partial charge on any atom is 0.417 e. The predicted molar refractivity (Wildman–Crippen MR) is 148 cm³/mol. The molecule has 3 heterocycles. The van der Waals surface area contributed by atoms with Crippen LogP contribution in [0.25, 0.3) is 11.1 Å². The Bertz CT molecular complexity index is 1580. The molecule has 0 spiro atoms. The second kappa shape index (κ2) is 11.4. The van der Waals surface area contributed by atoms with E-state index in [9.17, 15) is 18.9 Å². The van der Waals surface area contributed by atoms with E-state index in [1.807, 2.05) is 6.92 Å². The smallest absolute Gasteiger partial charge is 0.417 e. The van der Waals surface area contributed by atoms with Gasteiger partial charge in [0.05, 0.1) is 5.52 Å². The van der Waals surface area contributed by atoms with E-state index in [2.05, 4.69) is 37.1 Å². The maximum absolute atomic E-state index is 13.3. The fourth-order valence-corrected chi connectivity index (χ4v) is 6.12. The number of hydrogen-bond acceptors (Lipinski definition) is 9. The Morgan fingerprint density at radius 1 is 1.23 bits per heavy atom. The molecule has 1 amide bonds. The van der Waals surface area contributed by atoms with Crippen molar-refractivity contribution in [1.29, 1.82) is 0 Å². The van der Waals surface area contributed by atoms with Crippen LogP contribution in [0.1, 0.15) is 24.0 Å². The number of nitrogens with zero attached hydrogens (tertiary/aromatic N) is 4. The molecule has 12 heteroatoms. The summed E-state index contributed by atoms with van der Waals surface area (Å²) in [5.74, 6) is 0.354. The van der Waals surface area contributed by atoms with Crippen molar-refractivity contribution in [2.75, 3.05) is 36.9 Å². The van der Waals surface area contributed by atoms with E-state index in [1.54, 1.807) is 36.4 Å². The van der Waals surface area contributed by atoms with E-state index >= 15 is 0 Å². The Morgan fingerprint density at radius 2 is 2.03 bits per heavy atom. The number of nitrogens with one attached hydrogen (secondary N) is 2. The molecule has 1 aliphatic heterocycles. The van der Waals surface area contributed by atoms with Crippen molar-refractivity contribution in [3.63, 3.8) is 0 Å². The standard InChI is InChI=1S/C27H30N6O5S/c1-17-11-21(13-23-26(17)31-27(36)38-23)39(37)25-14-24(28-15-29-25)33-9-6-19(7-10-33)32(2)8-5-18-12-20(35)3-4-22(18)30-16-34/h3-4,11-16,19,35H,5-10H2,1-2H3,(H,30,34)(H,31,36). The number of fused-ring (bicyclic) bond motifs is 1. The van der Waals surface area contributed by atoms with Crippen molar-refractivity contribution in [1.82, 2.24) is 19.9 Å². The van der Waals surface area contributed by atoms with Gasteiger partial charge in [-0.25, -0.2) is 19.0 Å². The van der Waals surface area contributed by atoms with Gasteiger partial charge in [-0.3, -0.25) is 9.78 Å². The number of phenols is 1. The number of anilines is 2. The van der Waals surface area contributed by atoms with Crippen LogP contribution in [-0.2, 0) is 22.0 Å². The third kappa shape index (κ3) is 5.86. The van der Waals surface area contributed by atoms with Gasteiger partial charge in [0.25, 0.3) is 0 Å². The lowest BCUT2D eigenvalue weighted by Crippen LogP contribution is -2.44. The number of amides is 1. The molecule has 3 N–H and O–H groups in total. The van der Waals surface area contributed by atoms with E-state index in [0.29, 0.717) is 45.6 Å². The fraction of sp³-hybridized carbons (Fsp3) is 0.333. The monoisotopic (exact) mass is 550 g/mol. The number of aromatic nitrogens is 3. The first kappa shape index (κ1) is 26.6. The highest BCUT2D eigenvalue weighted by Crippen LogP contribution is 2.26. The number of carbonyl (C=O) groups excluding carboxylic acids is 1. The molecule has 1 unspecified atom stereocenters. The van der Waals surface area contributed by atoms with Crippen molar-refractivity contribution in [2.45, 2.75) is 42.1 Å². The molecule has 1 saturated heterocycles. The van der Waals surface area contributed by atoms with Gasteiger partial charge in [-0.2, -0.15) is 0 Å². The number of H-pyrrole nitrogens is 1. The van der Waals surface area contributed by atoms with Crippen LogP contribution in [0.4, 0.5) is 11.5 Å². The van der Waals surface area contributed by atoms with E-state index in [-0.39, 0.29) is 5.75 Å². The minimum atomic E-state index is -1.57. The Hall–Kier alpha value is -4.03. The van der Waals surface area contributed by atoms with Crippen LogP contribution >= 0.6 is 0 Å². The molecular formula is C27H30N6O5S. The molecule has 11 nitrogen and oxygen atoms in total. The number of rotatable bonds is 9. The van der Waals surface area contributed by atoms with Crippen LogP contribution in [0.15, 0.2) is 61.9 Å². The van der Waals surface area contributed by atoms with E-state index in [4.69, 9.17) is 4.42 Å². The van der Waals surface area contributed by atoms with Gasteiger partial charge in [-0.1, -0.05) is 0 Å². The number of oxazole rings is 1. The zero-order valence-corrected chi connectivity index (χ0v) is 22.5. The summed E-state index contributed by atoms with van der Waals surface area (Å²) in [6, 6.07) is 10.5. The number of carbonyl (C=O) groups is 1. The largest absolute Gasteiger partial charge is 0.508 e. The van der Waals surface area contributed by atoms with Crippen LogP contribution in [0.2, 0.25) is 0 Å². The van der Waals surface area contributed by atoms with E-state index in [1.165, 1.54) is 6.33 Å². The number of aromatic hydroxyl groups is 1. The molecule has 1 fully saturated rings. The summed E-state index contributed by atoms with van der Waals surface area (Å²) < 4.78 is 18.5. The lowest BCUT2D eigenvalue weighted by Gasteiger charge is -2.37. The summed E-state index contributed by atoms with van der Waals surface area (Å²) in [4.78, 5) is 38.8. The highest BCUT2D eigenvalue weighted by molar-refractivity contribution is 7.85. The van der Waals surface area contributed by atoms with Gasteiger partial charge < -0.3 is 24.6 Å². The minimum Gasteiger partial charge on any atom is -0.508 e. The molecule has 2 aromatic carbocycles. The zero-order valence-electron chi connectivity index (χ0n) is 21.7. The molecular weight excluding hydrogens is 520 g/mol. The molecule has 0 aliphatic carbocycles. The lowest BCUT2D eigenvalue weighted by molar-refractivity contribution is -0.105. The van der Waals surface area contributed by atoms with Gasteiger partial charge >= 0.3 is 5.76 Å². The van der Waals surface area contributed by atoms with Gasteiger partial charge in [0.1, 0.15) is 33.7 Å². The van der Waals surface area contributed by atoms with Gasteiger partial charge in [0, 0.05) is 42.3 Å². The first-order valence-corrected chi connectivity index (χ1v) is 13.8. The highest BCUT2D eigenvalue weighted by Gasteiger charge is 2.24. The summed E-state index contributed by atoms with van der Waals surface area (Å²) in [7, 11) is 0.525. The van der Waals surface area contributed by atoms with Gasteiger partial charge in [-0.15, -0.1) is 0 Å². The van der Waals surface area contributed by atoms with Crippen molar-refractivity contribution in [3.8, 4) is 5.75 Å². The Labute approximate surface area is 227 Å². The molecule has 2 aromatic heterocycles. The predicted octanol–water partition coefficient (Wildman–Crippen LogP) is 2.80. The number of phenolic OH excluding ortho intramolecular Hbond substituents is 1. The van der Waals surface area contributed by atoms with Gasteiger partial charge in [0.2, 0.25) is 6.41 Å². The second-order valence-electron chi connectivity index (χ2n) is 9.66. The van der Waals surface area contributed by atoms with E-state index < -0.39 is 16.6 Å². The minimum absolute atomic E-state index is 0.175. The molecule has 0 saturated carbocycles. The van der Waals surface area contributed by atoms with Crippen molar-refractivity contribution < 1.29 is 18.5 Å². The molecule has 1 aliphatic rings. The maximum atomic E-state index is 13.3. The van der Waals surface area contributed by atoms with E-state index in [0.717, 1.165) is 49.4 Å². The third-order valence-electron chi connectivity index (χ3n) is 7.18. The first-order valence-electron chi connectivity index (χ1n) is 12.7. The normalized spacial score (nSPS) is 15.1. The van der Waals surface area contributed by atoms with Crippen molar-refractivity contribution >= 4 is 39.8 Å². The Balaban J connectivity index is 1.21. The molecule has 0 radical (unpaired) electrons. The Kier molecular flexibility index (Phi) is 7.75. The van der Waals surface area contributed by atoms with Crippen LogP contribution in [0.5, 0.6) is 5.75 Å². The highest BCUT2D eigenvalue weighted by atomic mass is 32.2. The summed E-state index contributed by atoms with van der Waals surface area (Å²) in [6.07, 6.45) is 4.63. The lowest BCUT2D eigenvalue weighted by atomic mass is 10.0. The van der Waals surface area contributed by atoms with Gasteiger partial charge in [0.15, 0.2) is 5.58 Å². The van der Waals surface area contributed by atoms with Crippen molar-refractivity contribution in [2.24, 2.45) is 0 Å². The number of piperidine rings is 1. The molecule has 39 heavy (non-hydrogen) atoms. The molecule has 204 valence electrons. The molecule has 0 bridgehead atoms. The summed E-state index contributed by atoms with van der Waals surface area (Å²) in [6.45, 7) is 4.19. The van der Waals surface area contributed by atoms with Crippen LogP contribution < -0.4 is 16.0 Å². The first-order chi connectivity index (χ1) is 18.8. The fourth-order valence-electron chi connectivity index (χ4n) is 5.03. The summed E-state index contributed by atoms with van der Waals surface area (Å²) in [5, 5.41) is 12.9. The SMILES string of the molecule is Cc1cc(S(=O)c2cc(N3CCC(N(C)CCc4cc(O)ccc4NC=O)CC3)ncn2)cc2oc(=O)[nH]c12. The van der Waals surface area contributed by atoms with Crippen LogP contribution in [-0.4, -0.2) is 68.3 Å². The number of aryl methyl sites for hydroxylation is 1. The molecule has 4 aromatic rings. The number of aromatic amines is 1. The molecule has 5 rings (SSSR count). The number of benzene rings is 2. The summed E-state index contributed by atoms with van der Waals surface area (Å²) in [5.41, 5.74) is 3.32. The summed E-state index contributed by atoms with van der Waals surface area (Å²) >= 11 is 0. The average molecular weight is 551 g/mol. The van der Waals surface area contributed by atoms with Gasteiger partial charge in [-0.05, 0) is 74.7 Å².